The first kappa shape index (κ1) is 18.0. The van der Waals surface area contributed by atoms with E-state index in [2.05, 4.69) is 40.8 Å². The lowest BCUT2D eigenvalue weighted by Crippen LogP contribution is -2.03. The van der Waals surface area contributed by atoms with Gasteiger partial charge in [0, 0.05) is 17.8 Å². The number of benzene rings is 2. The molecule has 0 bridgehead atoms. The van der Waals surface area contributed by atoms with Crippen LogP contribution in [-0.2, 0) is 0 Å². The van der Waals surface area contributed by atoms with Crippen molar-refractivity contribution >= 4 is 40.5 Å². The standard InChI is InChI=1S/C18H14N8O3/c1-11-3-2-4-13(9-11)20-15-16(22-18-17(21-15)24-29-25-18)23-19-10-12-5-7-14(8-6-12)26(27)28/h2-10H,1H3,(H,20,21,24)(H,22,23,25). The van der Waals surface area contributed by atoms with Crippen LogP contribution in [0.2, 0.25) is 0 Å². The lowest BCUT2D eigenvalue weighted by atomic mass is 10.2. The second-order valence-electron chi connectivity index (χ2n) is 6.05. The molecule has 4 rings (SSSR count). The van der Waals surface area contributed by atoms with Gasteiger partial charge >= 0.3 is 0 Å². The Balaban J connectivity index is 1.59. The van der Waals surface area contributed by atoms with Crippen LogP contribution in [0.25, 0.3) is 11.3 Å². The minimum atomic E-state index is -0.459. The van der Waals surface area contributed by atoms with Gasteiger partial charge in [0.1, 0.15) is 0 Å². The Bertz CT molecular complexity index is 1200. The molecule has 144 valence electrons. The van der Waals surface area contributed by atoms with Crippen molar-refractivity contribution in [2.45, 2.75) is 6.92 Å². The molecule has 0 unspecified atom stereocenters. The fraction of sp³-hybridized carbons (Fsp3) is 0.0556. The fourth-order valence-corrected chi connectivity index (χ4v) is 2.51. The number of non-ortho nitro benzene ring substituents is 1. The van der Waals surface area contributed by atoms with Crippen molar-refractivity contribution in [2.24, 2.45) is 5.10 Å². The van der Waals surface area contributed by atoms with Gasteiger partial charge in [-0.05, 0) is 52.6 Å². The van der Waals surface area contributed by atoms with Gasteiger partial charge in [-0.2, -0.15) is 10.1 Å². The van der Waals surface area contributed by atoms with Crippen LogP contribution in [0.4, 0.5) is 23.0 Å². The first-order valence-electron chi connectivity index (χ1n) is 8.46. The van der Waals surface area contributed by atoms with Crippen LogP contribution in [-0.4, -0.2) is 31.4 Å². The number of hydrogen-bond acceptors (Lipinski definition) is 10. The van der Waals surface area contributed by atoms with E-state index in [0.717, 1.165) is 11.3 Å². The van der Waals surface area contributed by atoms with Gasteiger partial charge in [-0.3, -0.25) is 15.5 Å². The van der Waals surface area contributed by atoms with E-state index in [1.807, 2.05) is 31.2 Å². The number of hydrazone groups is 1. The maximum Gasteiger partial charge on any atom is 0.269 e. The lowest BCUT2D eigenvalue weighted by Gasteiger charge is -2.09. The summed E-state index contributed by atoms with van der Waals surface area (Å²) in [5, 5.41) is 25.4. The largest absolute Gasteiger partial charge is 0.337 e. The van der Waals surface area contributed by atoms with Crippen LogP contribution in [0.1, 0.15) is 11.1 Å². The minimum Gasteiger partial charge on any atom is -0.337 e. The molecule has 0 radical (unpaired) electrons. The lowest BCUT2D eigenvalue weighted by molar-refractivity contribution is -0.384. The van der Waals surface area contributed by atoms with E-state index in [0.29, 0.717) is 17.2 Å². The van der Waals surface area contributed by atoms with Gasteiger partial charge in [0.15, 0.2) is 11.6 Å². The van der Waals surface area contributed by atoms with Crippen LogP contribution < -0.4 is 10.7 Å². The molecule has 2 heterocycles. The number of hydrogen-bond donors (Lipinski definition) is 2. The third-order valence-corrected chi connectivity index (χ3v) is 3.88. The third-order valence-electron chi connectivity index (χ3n) is 3.88. The number of fused-ring (bicyclic) bond motifs is 1. The van der Waals surface area contributed by atoms with Crippen LogP contribution >= 0.6 is 0 Å². The Hall–Kier alpha value is -4.41. The van der Waals surface area contributed by atoms with Crippen molar-refractivity contribution in [2.75, 3.05) is 10.7 Å². The Kier molecular flexibility index (Phi) is 4.76. The summed E-state index contributed by atoms with van der Waals surface area (Å²) in [6.07, 6.45) is 1.51. The highest BCUT2D eigenvalue weighted by atomic mass is 16.6. The molecule has 0 saturated carbocycles. The van der Waals surface area contributed by atoms with E-state index in [9.17, 15) is 10.1 Å². The molecule has 0 aliphatic heterocycles. The highest BCUT2D eigenvalue weighted by Crippen LogP contribution is 2.24. The number of anilines is 3. The van der Waals surface area contributed by atoms with Crippen LogP contribution in [0, 0.1) is 17.0 Å². The van der Waals surface area contributed by atoms with E-state index < -0.39 is 4.92 Å². The van der Waals surface area contributed by atoms with Gasteiger partial charge in [-0.25, -0.2) is 9.61 Å². The van der Waals surface area contributed by atoms with Gasteiger partial charge in [-0.15, -0.1) is 0 Å². The summed E-state index contributed by atoms with van der Waals surface area (Å²) in [5.74, 6) is 0.701. The topological polar surface area (TPSA) is 144 Å². The molecule has 2 aromatic heterocycles. The number of nitrogens with zero attached hydrogens (tertiary/aromatic N) is 6. The number of nitro groups is 1. The van der Waals surface area contributed by atoms with Crippen molar-refractivity contribution in [1.82, 2.24) is 20.3 Å². The first-order valence-corrected chi connectivity index (χ1v) is 8.46. The Morgan fingerprint density at radius 1 is 1.07 bits per heavy atom. The van der Waals surface area contributed by atoms with Crippen molar-refractivity contribution in [3.8, 4) is 0 Å². The van der Waals surface area contributed by atoms with Crippen molar-refractivity contribution in [3.63, 3.8) is 0 Å². The van der Waals surface area contributed by atoms with E-state index in [1.54, 1.807) is 12.1 Å². The molecule has 0 saturated heterocycles. The molecule has 0 amide bonds. The Morgan fingerprint density at radius 2 is 1.79 bits per heavy atom. The average Bonchev–Trinajstić information content (AvgIpc) is 3.16. The monoisotopic (exact) mass is 390 g/mol. The normalized spacial score (nSPS) is 11.1. The Labute approximate surface area is 163 Å². The highest BCUT2D eigenvalue weighted by Gasteiger charge is 2.13. The van der Waals surface area contributed by atoms with Crippen molar-refractivity contribution in [1.29, 1.82) is 0 Å². The third kappa shape index (κ3) is 4.13. The van der Waals surface area contributed by atoms with Gasteiger partial charge in [0.05, 0.1) is 11.1 Å². The number of aryl methyl sites for hydroxylation is 1. The predicted octanol–water partition coefficient (Wildman–Crippen LogP) is 3.42. The van der Waals surface area contributed by atoms with Crippen LogP contribution in [0.5, 0.6) is 0 Å². The van der Waals surface area contributed by atoms with Crippen LogP contribution in [0.15, 0.2) is 58.3 Å². The van der Waals surface area contributed by atoms with Gasteiger partial charge < -0.3 is 5.32 Å². The molecular weight excluding hydrogens is 376 g/mol. The summed E-state index contributed by atoms with van der Waals surface area (Å²) in [6, 6.07) is 13.7. The molecule has 0 fully saturated rings. The van der Waals surface area contributed by atoms with Crippen molar-refractivity contribution in [3.05, 3.63) is 69.8 Å². The molecule has 2 aromatic carbocycles. The van der Waals surface area contributed by atoms with Crippen LogP contribution in [0.3, 0.4) is 0 Å². The van der Waals surface area contributed by atoms with E-state index in [-0.39, 0.29) is 17.0 Å². The summed E-state index contributed by atoms with van der Waals surface area (Å²) < 4.78 is 4.67. The molecule has 0 atom stereocenters. The number of nitrogens with one attached hydrogen (secondary N) is 2. The smallest absolute Gasteiger partial charge is 0.269 e. The molecule has 11 nitrogen and oxygen atoms in total. The highest BCUT2D eigenvalue weighted by molar-refractivity contribution is 5.82. The zero-order valence-electron chi connectivity index (χ0n) is 15.1. The minimum absolute atomic E-state index is 0.00889. The van der Waals surface area contributed by atoms with Gasteiger partial charge in [0.2, 0.25) is 11.3 Å². The maximum atomic E-state index is 10.7. The van der Waals surface area contributed by atoms with E-state index in [4.69, 9.17) is 0 Å². The SMILES string of the molecule is Cc1cccc(Nc2nc3nonc3nc2NN=Cc2ccc([N+](=O)[O-])cc2)c1. The molecule has 0 aliphatic carbocycles. The molecule has 0 spiro atoms. The van der Waals surface area contributed by atoms with Gasteiger partial charge in [0.25, 0.3) is 5.69 Å². The molecule has 0 aliphatic rings. The van der Waals surface area contributed by atoms with Crippen molar-refractivity contribution < 1.29 is 9.55 Å². The Morgan fingerprint density at radius 3 is 2.48 bits per heavy atom. The second-order valence-corrected chi connectivity index (χ2v) is 6.05. The first-order chi connectivity index (χ1) is 14.1. The predicted molar refractivity (Wildman–Crippen MR) is 106 cm³/mol. The molecule has 2 N–H and O–H groups in total. The number of aromatic nitrogens is 4. The molecule has 4 aromatic rings. The summed E-state index contributed by atoms with van der Waals surface area (Å²) in [7, 11) is 0. The maximum absolute atomic E-state index is 10.7. The number of rotatable bonds is 6. The fourth-order valence-electron chi connectivity index (χ4n) is 2.51. The summed E-state index contributed by atoms with van der Waals surface area (Å²) in [4.78, 5) is 18.9. The summed E-state index contributed by atoms with van der Waals surface area (Å²) in [6.45, 7) is 1.98. The zero-order valence-corrected chi connectivity index (χ0v) is 15.1. The number of nitro benzene ring substituents is 1. The molecule has 29 heavy (non-hydrogen) atoms. The molecule has 11 heteroatoms. The summed E-state index contributed by atoms with van der Waals surface area (Å²) in [5.41, 5.74) is 5.87. The second kappa shape index (κ2) is 7.68. The average molecular weight is 390 g/mol. The van der Waals surface area contributed by atoms with E-state index >= 15 is 0 Å². The zero-order chi connectivity index (χ0) is 20.2. The molecular formula is C18H14N8O3. The summed E-state index contributed by atoms with van der Waals surface area (Å²) >= 11 is 0. The van der Waals surface area contributed by atoms with Gasteiger partial charge in [-0.1, -0.05) is 12.1 Å². The quantitative estimate of drug-likeness (QED) is 0.287. The van der Waals surface area contributed by atoms with E-state index in [1.165, 1.54) is 18.3 Å².